The molecule has 0 radical (unpaired) electrons. The molecule has 1 unspecified atom stereocenters. The van der Waals surface area contributed by atoms with Crippen LogP contribution in [0.4, 0.5) is 0 Å². The minimum Gasteiger partial charge on any atom is -0.334 e. The molecule has 1 amide bonds. The van der Waals surface area contributed by atoms with Crippen LogP contribution in [0.15, 0.2) is 5.51 Å². The second-order valence-electron chi connectivity index (χ2n) is 5.04. The second kappa shape index (κ2) is 4.92. The van der Waals surface area contributed by atoms with Crippen molar-refractivity contribution in [2.45, 2.75) is 45.6 Å². The number of amides is 1. The van der Waals surface area contributed by atoms with E-state index in [0.717, 1.165) is 36.5 Å². The Hall–Kier alpha value is -1.43. The van der Waals surface area contributed by atoms with Crippen molar-refractivity contribution >= 4 is 22.2 Å². The molecule has 2 aromatic rings. The van der Waals surface area contributed by atoms with E-state index in [-0.39, 0.29) is 5.91 Å². The predicted molar refractivity (Wildman–Crippen MR) is 74.6 cm³/mol. The summed E-state index contributed by atoms with van der Waals surface area (Å²) in [5.41, 5.74) is 3.15. The van der Waals surface area contributed by atoms with Crippen LogP contribution in [0.1, 0.15) is 48.8 Å². The molecule has 0 aliphatic carbocycles. The van der Waals surface area contributed by atoms with Gasteiger partial charge in [-0.3, -0.25) is 4.79 Å². The molecule has 3 rings (SSSR count). The zero-order valence-corrected chi connectivity index (χ0v) is 12.1. The number of nitrogens with zero attached hydrogens (tertiary/aromatic N) is 4. The summed E-state index contributed by atoms with van der Waals surface area (Å²) in [5, 5.41) is 4.23. The van der Waals surface area contributed by atoms with Gasteiger partial charge in [-0.2, -0.15) is 9.61 Å². The van der Waals surface area contributed by atoms with E-state index in [1.54, 1.807) is 10.0 Å². The number of hydrogen-bond acceptors (Lipinski definition) is 4. The van der Waals surface area contributed by atoms with Gasteiger partial charge >= 0.3 is 0 Å². The van der Waals surface area contributed by atoms with Crippen LogP contribution in [0, 0.1) is 6.92 Å². The van der Waals surface area contributed by atoms with Gasteiger partial charge in [0.05, 0.1) is 5.69 Å². The molecule has 1 aliphatic rings. The molecule has 19 heavy (non-hydrogen) atoms. The number of carbonyl (C=O) groups is 1. The van der Waals surface area contributed by atoms with Crippen LogP contribution in [0.2, 0.25) is 0 Å². The Kier molecular flexibility index (Phi) is 3.26. The molecule has 0 spiro atoms. The van der Waals surface area contributed by atoms with Crippen LogP contribution in [0.5, 0.6) is 0 Å². The third-order valence-electron chi connectivity index (χ3n) is 3.88. The number of hydrogen-bond donors (Lipinski definition) is 0. The molecule has 2 aromatic heterocycles. The molecule has 0 bridgehead atoms. The topological polar surface area (TPSA) is 50.5 Å². The summed E-state index contributed by atoms with van der Waals surface area (Å²) in [6.45, 7) is 4.89. The summed E-state index contributed by atoms with van der Waals surface area (Å²) < 4.78 is 1.68. The molecule has 1 atom stereocenters. The highest BCUT2D eigenvalue weighted by molar-refractivity contribution is 7.14. The predicted octanol–water partition coefficient (Wildman–Crippen LogP) is 2.50. The molecule has 3 heterocycles. The Bertz CT molecular complexity index is 603. The molecule has 5 nitrogen and oxygen atoms in total. The molecule has 102 valence electrons. The van der Waals surface area contributed by atoms with E-state index in [1.165, 1.54) is 17.8 Å². The highest BCUT2D eigenvalue weighted by Gasteiger charge is 2.30. The number of imidazole rings is 1. The highest BCUT2D eigenvalue weighted by atomic mass is 32.1. The second-order valence-corrected chi connectivity index (χ2v) is 5.85. The lowest BCUT2D eigenvalue weighted by molar-refractivity contribution is 0.0598. The number of aryl methyl sites for hydroxylation is 1. The fraction of sp³-hybridized carbons (Fsp3) is 0.615. The fourth-order valence-corrected chi connectivity index (χ4v) is 3.53. The Morgan fingerprint density at radius 3 is 3.16 bits per heavy atom. The van der Waals surface area contributed by atoms with Crippen molar-refractivity contribution in [1.29, 1.82) is 0 Å². The van der Waals surface area contributed by atoms with Crippen molar-refractivity contribution in [3.63, 3.8) is 0 Å². The van der Waals surface area contributed by atoms with Crippen LogP contribution in [-0.2, 0) is 0 Å². The van der Waals surface area contributed by atoms with E-state index in [1.807, 2.05) is 11.8 Å². The molecule has 6 heteroatoms. The Morgan fingerprint density at radius 1 is 1.53 bits per heavy atom. The molecule has 1 saturated heterocycles. The van der Waals surface area contributed by atoms with Gasteiger partial charge in [-0.05, 0) is 32.6 Å². The first-order valence-corrected chi connectivity index (χ1v) is 7.70. The molecule has 0 N–H and O–H groups in total. The summed E-state index contributed by atoms with van der Waals surface area (Å²) in [5.74, 6) is 0.0856. The highest BCUT2D eigenvalue weighted by Crippen LogP contribution is 2.24. The smallest absolute Gasteiger partial charge is 0.274 e. The lowest BCUT2D eigenvalue weighted by Gasteiger charge is -2.35. The number of fused-ring (bicyclic) bond motifs is 1. The van der Waals surface area contributed by atoms with Crippen molar-refractivity contribution in [3.8, 4) is 0 Å². The van der Waals surface area contributed by atoms with Crippen molar-refractivity contribution in [1.82, 2.24) is 19.5 Å². The zero-order chi connectivity index (χ0) is 13.4. The van der Waals surface area contributed by atoms with E-state index in [2.05, 4.69) is 17.0 Å². The molecular weight excluding hydrogens is 260 g/mol. The Labute approximate surface area is 116 Å². The third kappa shape index (κ3) is 2.04. The van der Waals surface area contributed by atoms with Crippen molar-refractivity contribution in [2.24, 2.45) is 0 Å². The van der Waals surface area contributed by atoms with Crippen LogP contribution in [0.3, 0.4) is 0 Å². The van der Waals surface area contributed by atoms with E-state index >= 15 is 0 Å². The van der Waals surface area contributed by atoms with E-state index in [0.29, 0.717) is 11.7 Å². The number of piperidine rings is 1. The standard InChI is InChI=1S/C13H18N4OS/c1-3-10-6-4-5-7-16(10)12(18)11-9(2)15-13-17(11)14-8-19-13/h8,10H,3-7H2,1-2H3. The summed E-state index contributed by atoms with van der Waals surface area (Å²) in [6, 6.07) is 0.366. The monoisotopic (exact) mass is 278 g/mol. The lowest BCUT2D eigenvalue weighted by atomic mass is 9.99. The van der Waals surface area contributed by atoms with Gasteiger partial charge in [-0.15, -0.1) is 0 Å². The minimum atomic E-state index is 0.0856. The van der Waals surface area contributed by atoms with Gasteiger partial charge < -0.3 is 4.90 Å². The first kappa shape index (κ1) is 12.6. The first-order valence-electron chi connectivity index (χ1n) is 6.82. The third-order valence-corrected chi connectivity index (χ3v) is 4.56. The number of aromatic nitrogens is 3. The van der Waals surface area contributed by atoms with Gasteiger partial charge in [0.15, 0.2) is 5.69 Å². The fourth-order valence-electron chi connectivity index (χ4n) is 2.87. The molecule has 1 fully saturated rings. The SMILES string of the molecule is CCC1CCCCN1C(=O)c1c(C)nc2scnn12. The quantitative estimate of drug-likeness (QED) is 0.848. The van der Waals surface area contributed by atoms with Crippen molar-refractivity contribution in [3.05, 3.63) is 16.9 Å². The normalized spacial score (nSPS) is 20.1. The maximum absolute atomic E-state index is 12.8. The van der Waals surface area contributed by atoms with Crippen molar-refractivity contribution in [2.75, 3.05) is 6.54 Å². The lowest BCUT2D eigenvalue weighted by Crippen LogP contribution is -2.44. The van der Waals surface area contributed by atoms with Crippen LogP contribution in [-0.4, -0.2) is 38.0 Å². The number of rotatable bonds is 2. The number of carbonyl (C=O) groups excluding carboxylic acids is 1. The van der Waals surface area contributed by atoms with Crippen molar-refractivity contribution < 1.29 is 4.79 Å². The summed E-state index contributed by atoms with van der Waals surface area (Å²) in [6.07, 6.45) is 4.45. The summed E-state index contributed by atoms with van der Waals surface area (Å²) >= 11 is 1.46. The van der Waals surface area contributed by atoms with E-state index in [4.69, 9.17) is 0 Å². The van der Waals surface area contributed by atoms with Gasteiger partial charge in [-0.1, -0.05) is 18.3 Å². The van der Waals surface area contributed by atoms with Crippen LogP contribution < -0.4 is 0 Å². The maximum Gasteiger partial charge on any atom is 0.274 e. The average Bonchev–Trinajstić information content (AvgIpc) is 2.97. The van der Waals surface area contributed by atoms with Gasteiger partial charge in [-0.25, -0.2) is 4.98 Å². The maximum atomic E-state index is 12.8. The first-order chi connectivity index (χ1) is 9.22. The Balaban J connectivity index is 1.98. The van der Waals surface area contributed by atoms with Gasteiger partial charge in [0.2, 0.25) is 4.96 Å². The molecular formula is C13H18N4OS. The molecule has 0 aromatic carbocycles. The molecule has 0 saturated carbocycles. The number of likely N-dealkylation sites (tertiary alicyclic amines) is 1. The molecule has 1 aliphatic heterocycles. The zero-order valence-electron chi connectivity index (χ0n) is 11.3. The van der Waals surface area contributed by atoms with Gasteiger partial charge in [0.1, 0.15) is 5.51 Å². The largest absolute Gasteiger partial charge is 0.334 e. The van der Waals surface area contributed by atoms with Gasteiger partial charge in [0.25, 0.3) is 5.91 Å². The summed E-state index contributed by atoms with van der Waals surface area (Å²) in [7, 11) is 0. The van der Waals surface area contributed by atoms with Gasteiger partial charge in [0, 0.05) is 12.6 Å². The van der Waals surface area contributed by atoms with E-state index in [9.17, 15) is 4.79 Å². The minimum absolute atomic E-state index is 0.0856. The van der Waals surface area contributed by atoms with Crippen LogP contribution in [0.25, 0.3) is 4.96 Å². The average molecular weight is 278 g/mol. The summed E-state index contributed by atoms with van der Waals surface area (Å²) in [4.78, 5) is 20.0. The Morgan fingerprint density at radius 2 is 2.37 bits per heavy atom. The van der Waals surface area contributed by atoms with E-state index < -0.39 is 0 Å². The van der Waals surface area contributed by atoms with Crippen LogP contribution >= 0.6 is 11.3 Å².